The molecule has 49 heavy (non-hydrogen) atoms. The average Bonchev–Trinajstić information content (AvgIpc) is 3.86. The molecule has 0 aromatic carbocycles. The molecule has 0 radical (unpaired) electrons. The molecule has 2 aliphatic rings. The highest BCUT2D eigenvalue weighted by Gasteiger charge is 2.30. The number of hydrogen-bond donors (Lipinski definition) is 4. The molecule has 2 atom stereocenters. The van der Waals surface area contributed by atoms with Crippen molar-refractivity contribution < 1.29 is 9.47 Å². The van der Waals surface area contributed by atoms with Crippen molar-refractivity contribution in [3.05, 3.63) is 48.0 Å². The van der Waals surface area contributed by atoms with Gasteiger partial charge >= 0.3 is 0 Å². The topological polar surface area (TPSA) is 172 Å². The number of fused-ring (bicyclic) bond motifs is 2. The predicted octanol–water partition coefficient (Wildman–Crippen LogP) is 4.64. The van der Waals surface area contributed by atoms with Gasteiger partial charge in [0.2, 0.25) is 0 Å². The van der Waals surface area contributed by atoms with Gasteiger partial charge in [0.15, 0.2) is 5.82 Å². The quantitative estimate of drug-likeness (QED) is 0.169. The molecule has 0 saturated carbocycles. The van der Waals surface area contributed by atoms with Crippen LogP contribution in [0.25, 0.3) is 44.7 Å². The molecule has 4 N–H and O–H groups in total. The molecule has 0 aliphatic carbocycles. The van der Waals surface area contributed by atoms with Crippen LogP contribution in [0, 0.1) is 0 Å². The highest BCUT2D eigenvalue weighted by Crippen LogP contribution is 2.39. The number of aromatic nitrogens is 10. The summed E-state index contributed by atoms with van der Waals surface area (Å²) in [6.45, 7) is 9.81. The van der Waals surface area contributed by atoms with Gasteiger partial charge in [-0.1, -0.05) is 6.92 Å². The van der Waals surface area contributed by atoms with Crippen molar-refractivity contribution in [2.75, 3.05) is 48.4 Å². The number of nitrogens with zero attached hydrogens (tertiary/aromatic N) is 9. The fourth-order valence-corrected chi connectivity index (χ4v) is 6.81. The van der Waals surface area contributed by atoms with Crippen LogP contribution in [-0.4, -0.2) is 95.1 Å². The summed E-state index contributed by atoms with van der Waals surface area (Å²) in [7, 11) is 1.96. The number of pyridine rings is 2. The molecule has 8 heterocycles. The van der Waals surface area contributed by atoms with Crippen molar-refractivity contribution >= 4 is 39.3 Å². The van der Waals surface area contributed by atoms with Gasteiger partial charge in [-0.2, -0.15) is 15.3 Å². The Hall–Kier alpha value is -5.15. The molecular weight excluding hydrogens is 622 g/mol. The van der Waals surface area contributed by atoms with Gasteiger partial charge in [-0.05, 0) is 51.3 Å². The minimum absolute atomic E-state index is 0.0880. The van der Waals surface area contributed by atoms with Gasteiger partial charge in [-0.25, -0.2) is 19.9 Å². The van der Waals surface area contributed by atoms with Crippen molar-refractivity contribution in [1.82, 2.24) is 50.1 Å². The number of rotatable bonds is 9. The molecule has 254 valence electrons. The molecule has 6 aromatic heterocycles. The number of hydrogen-bond acceptors (Lipinski definition) is 12. The number of aryl methyl sites for hydroxylation is 2. The Balaban J connectivity index is 1.11. The van der Waals surface area contributed by atoms with E-state index in [-0.39, 0.29) is 18.2 Å². The number of nitrogens with one attached hydrogen (secondary N) is 4. The molecule has 2 saturated heterocycles. The highest BCUT2D eigenvalue weighted by atomic mass is 16.5. The summed E-state index contributed by atoms with van der Waals surface area (Å²) in [6.07, 6.45) is 7.65. The van der Waals surface area contributed by atoms with Crippen molar-refractivity contribution in [2.45, 2.75) is 58.2 Å². The van der Waals surface area contributed by atoms with Crippen LogP contribution in [0.2, 0.25) is 0 Å². The van der Waals surface area contributed by atoms with Crippen molar-refractivity contribution in [3.63, 3.8) is 0 Å². The van der Waals surface area contributed by atoms with Crippen LogP contribution in [0.15, 0.2) is 36.8 Å². The normalized spacial score (nSPS) is 18.5. The Labute approximate surface area is 283 Å². The fraction of sp³-hybridized carbons (Fsp3) is 0.441. The van der Waals surface area contributed by atoms with Gasteiger partial charge in [-0.15, -0.1) is 0 Å². The molecule has 2 fully saturated rings. The molecule has 0 bridgehead atoms. The Morgan fingerprint density at radius 2 is 1.86 bits per heavy atom. The van der Waals surface area contributed by atoms with Gasteiger partial charge < -0.3 is 25.0 Å². The first kappa shape index (κ1) is 31.1. The number of ether oxygens (including phenoxy) is 2. The molecule has 6 aromatic rings. The van der Waals surface area contributed by atoms with Crippen LogP contribution in [0.4, 0.5) is 17.5 Å². The number of anilines is 3. The lowest BCUT2D eigenvalue weighted by molar-refractivity contribution is 0.0104. The van der Waals surface area contributed by atoms with E-state index in [9.17, 15) is 0 Å². The summed E-state index contributed by atoms with van der Waals surface area (Å²) in [5, 5.41) is 29.7. The van der Waals surface area contributed by atoms with E-state index < -0.39 is 0 Å². The third-order valence-electron chi connectivity index (χ3n) is 9.26. The molecule has 0 amide bonds. The number of aromatic amines is 2. The van der Waals surface area contributed by atoms with Crippen LogP contribution in [0.1, 0.15) is 51.0 Å². The van der Waals surface area contributed by atoms with Gasteiger partial charge in [0.05, 0.1) is 35.6 Å². The maximum absolute atomic E-state index is 6.41. The lowest BCUT2D eigenvalue weighted by Crippen LogP contribution is -2.36. The van der Waals surface area contributed by atoms with E-state index in [2.05, 4.69) is 62.7 Å². The van der Waals surface area contributed by atoms with E-state index >= 15 is 0 Å². The third-order valence-corrected chi connectivity index (χ3v) is 9.26. The SMILES string of the molecule is CCc1cc(-c2n[nH]c3ccnc(NC4CCOC(c5cnc(NC(C)C)c6c(-c7nccc(N8CCOCC8)n7)[nH]nc56)C4)c23)nn1C. The standard InChI is InChI=1S/C34H41N13O2/c1-5-21-17-24(45-46(21)4)30-27-23(41-43-30)6-9-35-32(27)39-20-8-13-49-25(16-20)22-18-37-33(38-19(2)3)28-29(22)42-44-31(28)34-36-10-7-26(40-34)47-11-14-48-15-12-47/h6-7,9-10,17-20,25H,5,8,11-16H2,1-4H3,(H,35,39)(H,37,38)(H,41,43)(H,42,44). The zero-order chi connectivity index (χ0) is 33.5. The summed E-state index contributed by atoms with van der Waals surface area (Å²) in [6, 6.07) is 6.22. The molecule has 2 unspecified atom stereocenters. The summed E-state index contributed by atoms with van der Waals surface area (Å²) in [5.41, 5.74) is 6.08. The second-order valence-electron chi connectivity index (χ2n) is 12.9. The maximum Gasteiger partial charge on any atom is 0.180 e. The molecule has 0 spiro atoms. The highest BCUT2D eigenvalue weighted by molar-refractivity contribution is 6.01. The first-order chi connectivity index (χ1) is 24.0. The monoisotopic (exact) mass is 663 g/mol. The van der Waals surface area contributed by atoms with Crippen LogP contribution in [0.5, 0.6) is 0 Å². The Bertz CT molecular complexity index is 2090. The van der Waals surface area contributed by atoms with E-state index in [1.54, 1.807) is 12.4 Å². The van der Waals surface area contributed by atoms with Crippen molar-refractivity contribution in [3.8, 4) is 22.9 Å². The fourth-order valence-electron chi connectivity index (χ4n) is 6.81. The van der Waals surface area contributed by atoms with Crippen LogP contribution in [0.3, 0.4) is 0 Å². The molecule has 15 heteroatoms. The smallest absolute Gasteiger partial charge is 0.180 e. The zero-order valence-electron chi connectivity index (χ0n) is 28.2. The zero-order valence-corrected chi connectivity index (χ0v) is 28.2. The predicted molar refractivity (Wildman–Crippen MR) is 188 cm³/mol. The Morgan fingerprint density at radius 3 is 2.67 bits per heavy atom. The third kappa shape index (κ3) is 5.93. The minimum Gasteiger partial charge on any atom is -0.378 e. The first-order valence-electron chi connectivity index (χ1n) is 17.0. The Kier molecular flexibility index (Phi) is 8.29. The van der Waals surface area contributed by atoms with E-state index in [4.69, 9.17) is 34.6 Å². The van der Waals surface area contributed by atoms with Gasteiger partial charge in [0.25, 0.3) is 0 Å². The Morgan fingerprint density at radius 1 is 1.00 bits per heavy atom. The van der Waals surface area contributed by atoms with E-state index in [1.165, 1.54) is 0 Å². The molecular formula is C34H41N13O2. The second-order valence-corrected chi connectivity index (χ2v) is 12.9. The van der Waals surface area contributed by atoms with E-state index in [0.717, 1.165) is 93.5 Å². The van der Waals surface area contributed by atoms with Gasteiger partial charge in [-0.3, -0.25) is 14.9 Å². The second kappa shape index (κ2) is 13.0. The van der Waals surface area contributed by atoms with Gasteiger partial charge in [0.1, 0.15) is 40.1 Å². The summed E-state index contributed by atoms with van der Waals surface area (Å²) in [5.74, 6) is 2.93. The summed E-state index contributed by atoms with van der Waals surface area (Å²) >= 11 is 0. The van der Waals surface area contributed by atoms with Crippen LogP contribution in [-0.2, 0) is 22.9 Å². The number of morpholine rings is 1. The lowest BCUT2D eigenvalue weighted by Gasteiger charge is -2.31. The summed E-state index contributed by atoms with van der Waals surface area (Å²) < 4.78 is 13.9. The lowest BCUT2D eigenvalue weighted by atomic mass is 9.96. The van der Waals surface area contributed by atoms with E-state index in [1.807, 2.05) is 30.1 Å². The number of H-pyrrole nitrogens is 2. The van der Waals surface area contributed by atoms with Gasteiger partial charge in [0, 0.05) is 68.7 Å². The van der Waals surface area contributed by atoms with Crippen LogP contribution >= 0.6 is 0 Å². The molecule has 15 nitrogen and oxygen atoms in total. The van der Waals surface area contributed by atoms with Crippen molar-refractivity contribution in [2.24, 2.45) is 7.05 Å². The minimum atomic E-state index is -0.239. The molecule has 8 rings (SSSR count). The van der Waals surface area contributed by atoms with E-state index in [0.29, 0.717) is 32.1 Å². The van der Waals surface area contributed by atoms with Crippen LogP contribution < -0.4 is 15.5 Å². The largest absolute Gasteiger partial charge is 0.378 e. The first-order valence-corrected chi connectivity index (χ1v) is 17.0. The average molecular weight is 664 g/mol. The summed E-state index contributed by atoms with van der Waals surface area (Å²) in [4.78, 5) is 21.5. The maximum atomic E-state index is 6.41. The van der Waals surface area contributed by atoms with Crippen molar-refractivity contribution in [1.29, 1.82) is 0 Å². The molecule has 2 aliphatic heterocycles.